The van der Waals surface area contributed by atoms with E-state index in [1.54, 1.807) is 30.3 Å². The first-order valence-electron chi connectivity index (χ1n) is 8.66. The number of thioether (sulfide) groups is 1. The van der Waals surface area contributed by atoms with E-state index in [1.165, 1.54) is 11.8 Å². The van der Waals surface area contributed by atoms with Crippen molar-refractivity contribution in [3.63, 3.8) is 0 Å². The van der Waals surface area contributed by atoms with Gasteiger partial charge in [-0.15, -0.1) is 0 Å². The van der Waals surface area contributed by atoms with Crippen LogP contribution in [0.25, 0.3) is 6.08 Å². The molecule has 2 aromatic carbocycles. The summed E-state index contributed by atoms with van der Waals surface area (Å²) in [5, 5.41) is -0.319. The molecule has 0 atom stereocenters. The van der Waals surface area contributed by atoms with Crippen molar-refractivity contribution in [2.45, 2.75) is 13.8 Å². The third kappa shape index (κ3) is 5.01. The summed E-state index contributed by atoms with van der Waals surface area (Å²) in [6.45, 7) is 3.70. The van der Waals surface area contributed by atoms with Crippen molar-refractivity contribution >= 4 is 35.0 Å². The first-order chi connectivity index (χ1) is 13.4. The lowest BCUT2D eigenvalue weighted by molar-refractivity contribution is -0.131. The number of benzene rings is 2. The van der Waals surface area contributed by atoms with Crippen molar-refractivity contribution < 1.29 is 23.9 Å². The van der Waals surface area contributed by atoms with Gasteiger partial charge in [0.2, 0.25) is 0 Å². The Bertz CT molecular complexity index is 936. The lowest BCUT2D eigenvalue weighted by Crippen LogP contribution is -2.32. The zero-order valence-corrected chi connectivity index (χ0v) is 16.3. The summed E-state index contributed by atoms with van der Waals surface area (Å²) >= 11 is 0.898. The zero-order valence-electron chi connectivity index (χ0n) is 15.5. The molecule has 0 N–H and O–H groups in total. The summed E-state index contributed by atoms with van der Waals surface area (Å²) in [6.07, 6.45) is 1.64. The van der Waals surface area contributed by atoms with Crippen LogP contribution in [0, 0.1) is 6.92 Å². The number of hydrogen-bond acceptors (Lipinski definition) is 6. The minimum absolute atomic E-state index is 0.182. The Morgan fingerprint density at radius 3 is 2.54 bits per heavy atom. The third-order valence-electron chi connectivity index (χ3n) is 3.89. The lowest BCUT2D eigenvalue weighted by Gasteiger charge is -2.13. The quantitative estimate of drug-likeness (QED) is 0.416. The van der Waals surface area contributed by atoms with Crippen LogP contribution in [0.5, 0.6) is 11.5 Å². The van der Waals surface area contributed by atoms with Gasteiger partial charge in [0.1, 0.15) is 18.1 Å². The molecular weight excluding hydrogens is 378 g/mol. The van der Waals surface area contributed by atoms with Gasteiger partial charge in [-0.3, -0.25) is 19.3 Å². The Morgan fingerprint density at radius 1 is 1.11 bits per heavy atom. The van der Waals surface area contributed by atoms with E-state index in [1.807, 2.05) is 31.2 Å². The molecule has 1 fully saturated rings. The molecule has 1 aliphatic rings. The summed E-state index contributed by atoms with van der Waals surface area (Å²) in [5.41, 5.74) is 1.81. The fraction of sp³-hybridized carbons (Fsp3) is 0.190. The van der Waals surface area contributed by atoms with E-state index in [-0.39, 0.29) is 24.3 Å². The first kappa shape index (κ1) is 19.7. The van der Waals surface area contributed by atoms with Gasteiger partial charge in [0.25, 0.3) is 11.1 Å². The van der Waals surface area contributed by atoms with Crippen LogP contribution in [0.15, 0.2) is 53.4 Å². The van der Waals surface area contributed by atoms with Gasteiger partial charge >= 0.3 is 5.97 Å². The van der Waals surface area contributed by atoms with Gasteiger partial charge in [-0.05, 0) is 60.2 Å². The standard InChI is InChI=1S/C21H19NO5S/c1-14-4-3-5-18(12-14)26-11-10-22-20(24)19(28-21(22)25)13-16-6-8-17(9-7-16)27-15(2)23/h3-9,12-13H,10-11H2,1-2H3/b19-13-. The predicted molar refractivity (Wildman–Crippen MR) is 107 cm³/mol. The Labute approximate surface area is 167 Å². The van der Waals surface area contributed by atoms with E-state index in [0.717, 1.165) is 22.9 Å². The fourth-order valence-corrected chi connectivity index (χ4v) is 3.47. The van der Waals surface area contributed by atoms with Gasteiger partial charge in [-0.1, -0.05) is 24.3 Å². The predicted octanol–water partition coefficient (Wildman–Crippen LogP) is 4.04. The smallest absolute Gasteiger partial charge is 0.308 e. The monoisotopic (exact) mass is 397 g/mol. The molecule has 6 nitrogen and oxygen atoms in total. The Balaban J connectivity index is 1.61. The third-order valence-corrected chi connectivity index (χ3v) is 4.79. The highest BCUT2D eigenvalue weighted by molar-refractivity contribution is 8.18. The largest absolute Gasteiger partial charge is 0.492 e. The van der Waals surface area contributed by atoms with Gasteiger partial charge < -0.3 is 9.47 Å². The van der Waals surface area contributed by atoms with Gasteiger partial charge in [0, 0.05) is 6.92 Å². The Hall–Kier alpha value is -3.06. The molecule has 144 valence electrons. The number of ether oxygens (including phenoxy) is 2. The minimum Gasteiger partial charge on any atom is -0.492 e. The summed E-state index contributed by atoms with van der Waals surface area (Å²) < 4.78 is 10.6. The lowest BCUT2D eigenvalue weighted by atomic mass is 10.2. The molecule has 7 heteroatoms. The average molecular weight is 397 g/mol. The molecule has 2 amide bonds. The van der Waals surface area contributed by atoms with Crippen LogP contribution in [-0.2, 0) is 9.59 Å². The molecule has 1 aliphatic heterocycles. The highest BCUT2D eigenvalue weighted by Crippen LogP contribution is 2.32. The second-order valence-electron chi connectivity index (χ2n) is 6.16. The van der Waals surface area contributed by atoms with Crippen molar-refractivity contribution in [3.8, 4) is 11.5 Å². The van der Waals surface area contributed by atoms with Crippen LogP contribution >= 0.6 is 11.8 Å². The maximum Gasteiger partial charge on any atom is 0.308 e. The van der Waals surface area contributed by atoms with Crippen LogP contribution in [0.1, 0.15) is 18.1 Å². The first-order valence-corrected chi connectivity index (χ1v) is 9.47. The van der Waals surface area contributed by atoms with E-state index in [0.29, 0.717) is 16.4 Å². The van der Waals surface area contributed by atoms with E-state index < -0.39 is 5.97 Å². The van der Waals surface area contributed by atoms with Gasteiger partial charge in [0.05, 0.1) is 11.4 Å². The normalized spacial score (nSPS) is 15.2. The number of nitrogens with zero attached hydrogens (tertiary/aromatic N) is 1. The summed E-state index contributed by atoms with van der Waals surface area (Å²) in [5.74, 6) is 0.384. The topological polar surface area (TPSA) is 72.9 Å². The molecule has 1 heterocycles. The van der Waals surface area contributed by atoms with Crippen LogP contribution < -0.4 is 9.47 Å². The van der Waals surface area contributed by atoms with Gasteiger partial charge in [0.15, 0.2) is 0 Å². The number of hydrogen-bond donors (Lipinski definition) is 0. The number of amides is 2. The maximum atomic E-state index is 12.5. The van der Waals surface area contributed by atoms with Crippen LogP contribution in [-0.4, -0.2) is 35.2 Å². The molecule has 0 saturated carbocycles. The maximum absolute atomic E-state index is 12.5. The van der Waals surface area contributed by atoms with Crippen LogP contribution in [0.4, 0.5) is 4.79 Å². The Kier molecular flexibility index (Phi) is 6.16. The molecule has 2 aromatic rings. The molecule has 0 bridgehead atoms. The van der Waals surface area contributed by atoms with Crippen molar-refractivity contribution in [2.75, 3.05) is 13.2 Å². The number of rotatable bonds is 6. The van der Waals surface area contributed by atoms with Crippen molar-refractivity contribution in [2.24, 2.45) is 0 Å². The molecule has 0 unspecified atom stereocenters. The highest BCUT2D eigenvalue weighted by Gasteiger charge is 2.34. The summed E-state index contributed by atoms with van der Waals surface area (Å²) in [4.78, 5) is 37.2. The fourth-order valence-electron chi connectivity index (χ4n) is 2.60. The van der Waals surface area contributed by atoms with E-state index >= 15 is 0 Å². The minimum atomic E-state index is -0.401. The zero-order chi connectivity index (χ0) is 20.1. The van der Waals surface area contributed by atoms with Crippen LogP contribution in [0.3, 0.4) is 0 Å². The van der Waals surface area contributed by atoms with E-state index in [4.69, 9.17) is 9.47 Å². The summed E-state index contributed by atoms with van der Waals surface area (Å²) in [6, 6.07) is 14.3. The average Bonchev–Trinajstić information content (AvgIpc) is 2.90. The SMILES string of the molecule is CC(=O)Oc1ccc(/C=C2\SC(=O)N(CCOc3cccc(C)c3)C2=O)cc1. The molecular formula is C21H19NO5S. The second kappa shape index (κ2) is 8.75. The molecule has 0 radical (unpaired) electrons. The summed E-state index contributed by atoms with van der Waals surface area (Å²) in [7, 11) is 0. The van der Waals surface area contributed by atoms with Crippen molar-refractivity contribution in [1.82, 2.24) is 4.90 Å². The van der Waals surface area contributed by atoms with Gasteiger partial charge in [-0.2, -0.15) is 0 Å². The second-order valence-corrected chi connectivity index (χ2v) is 7.15. The highest BCUT2D eigenvalue weighted by atomic mass is 32.2. The number of aryl methyl sites for hydroxylation is 1. The van der Waals surface area contributed by atoms with E-state index in [9.17, 15) is 14.4 Å². The molecule has 0 aromatic heterocycles. The van der Waals surface area contributed by atoms with E-state index in [2.05, 4.69) is 0 Å². The molecule has 0 spiro atoms. The van der Waals surface area contributed by atoms with Crippen molar-refractivity contribution in [3.05, 3.63) is 64.6 Å². The number of carbonyl (C=O) groups excluding carboxylic acids is 3. The number of carbonyl (C=O) groups is 3. The number of esters is 1. The Morgan fingerprint density at radius 2 is 1.86 bits per heavy atom. The van der Waals surface area contributed by atoms with Crippen LogP contribution in [0.2, 0.25) is 0 Å². The molecule has 0 aliphatic carbocycles. The molecule has 1 saturated heterocycles. The van der Waals surface area contributed by atoms with Gasteiger partial charge in [-0.25, -0.2) is 0 Å². The van der Waals surface area contributed by atoms with Crippen molar-refractivity contribution in [1.29, 1.82) is 0 Å². The number of imide groups is 1. The molecule has 28 heavy (non-hydrogen) atoms. The molecule has 3 rings (SSSR count).